The zero-order valence-electron chi connectivity index (χ0n) is 16.5. The van der Waals surface area contributed by atoms with Crippen LogP contribution in [0.2, 0.25) is 0 Å². The Hall–Kier alpha value is -0.130. The summed E-state index contributed by atoms with van der Waals surface area (Å²) in [6.07, 6.45) is 2.35. The van der Waals surface area contributed by atoms with Crippen LogP contribution in [-0.4, -0.2) is 82.3 Å². The number of guanidine groups is 1. The fourth-order valence-electron chi connectivity index (χ4n) is 3.19. The maximum atomic E-state index is 11.4. The van der Waals surface area contributed by atoms with Crippen LogP contribution < -0.4 is 10.0 Å². The van der Waals surface area contributed by atoms with Crippen molar-refractivity contribution in [3.63, 3.8) is 0 Å². The maximum absolute atomic E-state index is 11.4. The number of halogens is 1. The molecule has 1 aliphatic heterocycles. The van der Waals surface area contributed by atoms with E-state index >= 15 is 0 Å². The molecule has 0 aliphatic carbocycles. The van der Waals surface area contributed by atoms with Crippen molar-refractivity contribution in [3.8, 4) is 0 Å². The fourth-order valence-corrected chi connectivity index (χ4v) is 4.27. The number of nitrogens with one attached hydrogen (secondary N) is 2. The van der Waals surface area contributed by atoms with Gasteiger partial charge in [0.05, 0.1) is 6.26 Å². The van der Waals surface area contributed by atoms with Crippen molar-refractivity contribution in [2.24, 2.45) is 10.9 Å². The van der Waals surface area contributed by atoms with E-state index in [1.54, 1.807) is 7.05 Å². The van der Waals surface area contributed by atoms with Crippen molar-refractivity contribution >= 4 is 40.0 Å². The van der Waals surface area contributed by atoms with Gasteiger partial charge in [0.2, 0.25) is 10.0 Å². The standard InChI is InChI=1S/C16H35N5O2S.HI/c1-7-20(8-2)11-14-9-10-21(12-14)15(17-5)18-13-16(3,4)19-24(6,22)23;/h14,19H,7-13H2,1-6H3,(H,17,18);1H. The van der Waals surface area contributed by atoms with Crippen LogP contribution in [0.25, 0.3) is 0 Å². The zero-order valence-corrected chi connectivity index (χ0v) is 19.6. The summed E-state index contributed by atoms with van der Waals surface area (Å²) in [5.74, 6) is 1.51. The van der Waals surface area contributed by atoms with Gasteiger partial charge >= 0.3 is 0 Å². The van der Waals surface area contributed by atoms with E-state index in [9.17, 15) is 8.42 Å². The lowest BCUT2D eigenvalue weighted by Gasteiger charge is -2.29. The van der Waals surface area contributed by atoms with Crippen LogP contribution in [0.3, 0.4) is 0 Å². The first-order valence-electron chi connectivity index (χ1n) is 8.77. The highest BCUT2D eigenvalue weighted by Crippen LogP contribution is 2.17. The first-order chi connectivity index (χ1) is 11.1. The van der Waals surface area contributed by atoms with Gasteiger partial charge in [0.25, 0.3) is 0 Å². The van der Waals surface area contributed by atoms with Crippen molar-refractivity contribution in [2.45, 2.75) is 39.7 Å². The van der Waals surface area contributed by atoms with Gasteiger partial charge in [0.15, 0.2) is 5.96 Å². The monoisotopic (exact) mass is 489 g/mol. The molecule has 0 saturated carbocycles. The van der Waals surface area contributed by atoms with E-state index in [2.05, 4.69) is 38.7 Å². The average Bonchev–Trinajstić information content (AvgIpc) is 2.91. The molecule has 0 aromatic heterocycles. The summed E-state index contributed by atoms with van der Waals surface area (Å²) in [6.45, 7) is 13.9. The number of hydrogen-bond acceptors (Lipinski definition) is 4. The third-order valence-electron chi connectivity index (χ3n) is 4.36. The van der Waals surface area contributed by atoms with Crippen LogP contribution in [0.4, 0.5) is 0 Å². The van der Waals surface area contributed by atoms with E-state index in [0.29, 0.717) is 12.5 Å². The van der Waals surface area contributed by atoms with Gasteiger partial charge < -0.3 is 15.1 Å². The summed E-state index contributed by atoms with van der Waals surface area (Å²) < 4.78 is 25.5. The van der Waals surface area contributed by atoms with Gasteiger partial charge in [-0.3, -0.25) is 4.99 Å². The molecule has 2 N–H and O–H groups in total. The van der Waals surface area contributed by atoms with Crippen LogP contribution in [-0.2, 0) is 10.0 Å². The Balaban J connectivity index is 0.00000576. The molecule has 25 heavy (non-hydrogen) atoms. The minimum atomic E-state index is -3.23. The molecule has 1 saturated heterocycles. The molecular weight excluding hydrogens is 453 g/mol. The first-order valence-corrected chi connectivity index (χ1v) is 10.7. The number of sulfonamides is 1. The highest BCUT2D eigenvalue weighted by molar-refractivity contribution is 14.0. The molecule has 1 rings (SSSR count). The minimum Gasteiger partial charge on any atom is -0.354 e. The number of likely N-dealkylation sites (tertiary alicyclic amines) is 1. The van der Waals surface area contributed by atoms with Crippen LogP contribution in [0.1, 0.15) is 34.1 Å². The SMILES string of the molecule is CCN(CC)CC1CCN(C(=NC)NCC(C)(C)NS(C)(=O)=O)C1.I. The molecule has 150 valence electrons. The van der Waals surface area contributed by atoms with E-state index in [1.165, 1.54) is 12.7 Å². The predicted molar refractivity (Wildman–Crippen MR) is 116 cm³/mol. The highest BCUT2D eigenvalue weighted by Gasteiger charge is 2.28. The molecule has 1 fully saturated rings. The second-order valence-corrected chi connectivity index (χ2v) is 8.99. The molecule has 0 amide bonds. The lowest BCUT2D eigenvalue weighted by atomic mass is 10.1. The van der Waals surface area contributed by atoms with Crippen LogP contribution in [0.15, 0.2) is 4.99 Å². The fraction of sp³-hybridized carbons (Fsp3) is 0.938. The van der Waals surface area contributed by atoms with E-state index < -0.39 is 15.6 Å². The van der Waals surface area contributed by atoms with Crippen LogP contribution in [0, 0.1) is 5.92 Å². The Kier molecular flexibility index (Phi) is 10.8. The lowest BCUT2D eigenvalue weighted by molar-refractivity contribution is 0.255. The molecule has 1 heterocycles. The summed E-state index contributed by atoms with van der Waals surface area (Å²) >= 11 is 0. The summed E-state index contributed by atoms with van der Waals surface area (Å²) in [6, 6.07) is 0. The van der Waals surface area contributed by atoms with Crippen LogP contribution >= 0.6 is 24.0 Å². The molecular formula is C16H36IN5O2S. The smallest absolute Gasteiger partial charge is 0.209 e. The molecule has 0 aromatic rings. The molecule has 1 unspecified atom stereocenters. The largest absolute Gasteiger partial charge is 0.354 e. The van der Waals surface area contributed by atoms with E-state index in [4.69, 9.17) is 0 Å². The Morgan fingerprint density at radius 3 is 2.40 bits per heavy atom. The highest BCUT2D eigenvalue weighted by atomic mass is 127. The van der Waals surface area contributed by atoms with Gasteiger partial charge in [0, 0.05) is 38.8 Å². The van der Waals surface area contributed by atoms with Gasteiger partial charge in [-0.2, -0.15) is 0 Å². The van der Waals surface area contributed by atoms with Gasteiger partial charge in [-0.1, -0.05) is 13.8 Å². The Morgan fingerprint density at radius 2 is 1.92 bits per heavy atom. The Morgan fingerprint density at radius 1 is 1.32 bits per heavy atom. The lowest BCUT2D eigenvalue weighted by Crippen LogP contribution is -2.53. The van der Waals surface area contributed by atoms with Gasteiger partial charge in [-0.05, 0) is 39.3 Å². The third kappa shape index (κ3) is 9.39. The number of nitrogens with zero attached hydrogens (tertiary/aromatic N) is 3. The average molecular weight is 489 g/mol. The second-order valence-electron chi connectivity index (χ2n) is 7.25. The van der Waals surface area contributed by atoms with E-state index in [1.807, 2.05) is 13.8 Å². The number of hydrogen-bond donors (Lipinski definition) is 2. The van der Waals surface area contributed by atoms with Gasteiger partial charge in [-0.25, -0.2) is 13.1 Å². The van der Waals surface area contributed by atoms with Gasteiger partial charge in [0.1, 0.15) is 0 Å². The quantitative estimate of drug-likeness (QED) is 0.304. The molecule has 0 radical (unpaired) electrons. The Labute approximate surface area is 171 Å². The number of aliphatic imine (C=N–C) groups is 1. The second kappa shape index (κ2) is 10.9. The topological polar surface area (TPSA) is 77.0 Å². The van der Waals surface area contributed by atoms with Crippen molar-refractivity contribution < 1.29 is 8.42 Å². The van der Waals surface area contributed by atoms with Gasteiger partial charge in [-0.15, -0.1) is 24.0 Å². The summed E-state index contributed by atoms with van der Waals surface area (Å²) in [5.41, 5.74) is -0.566. The van der Waals surface area contributed by atoms with Crippen LogP contribution in [0.5, 0.6) is 0 Å². The number of rotatable bonds is 8. The molecule has 1 aliphatic rings. The molecule has 0 spiro atoms. The van der Waals surface area contributed by atoms with Crippen molar-refractivity contribution in [3.05, 3.63) is 0 Å². The predicted octanol–water partition coefficient (Wildman–Crippen LogP) is 1.17. The Bertz CT molecular complexity index is 521. The van der Waals surface area contributed by atoms with Crippen molar-refractivity contribution in [1.29, 1.82) is 0 Å². The third-order valence-corrected chi connectivity index (χ3v) is 5.28. The molecule has 0 aromatic carbocycles. The summed E-state index contributed by atoms with van der Waals surface area (Å²) in [7, 11) is -1.46. The first kappa shape index (κ1) is 24.9. The maximum Gasteiger partial charge on any atom is 0.209 e. The zero-order chi connectivity index (χ0) is 18.4. The van der Waals surface area contributed by atoms with Crippen molar-refractivity contribution in [1.82, 2.24) is 19.8 Å². The minimum absolute atomic E-state index is 0. The molecule has 9 heteroatoms. The van der Waals surface area contributed by atoms with E-state index in [0.717, 1.165) is 38.7 Å². The molecule has 1 atom stereocenters. The summed E-state index contributed by atoms with van der Waals surface area (Å²) in [4.78, 5) is 9.09. The van der Waals surface area contributed by atoms with Crippen molar-refractivity contribution in [2.75, 3.05) is 52.6 Å². The molecule has 0 bridgehead atoms. The summed E-state index contributed by atoms with van der Waals surface area (Å²) in [5, 5.41) is 3.31. The normalized spacial score (nSPS) is 19.2. The molecule has 7 nitrogen and oxygen atoms in total. The van der Waals surface area contributed by atoms with E-state index in [-0.39, 0.29) is 24.0 Å².